The number of sulfonamides is 1. The van der Waals surface area contributed by atoms with Crippen LogP contribution in [0.4, 0.5) is 0 Å². The molecule has 5 nitrogen and oxygen atoms in total. The molecule has 0 unspecified atom stereocenters. The van der Waals surface area contributed by atoms with Crippen molar-refractivity contribution in [3.05, 3.63) is 29.3 Å². The SMILES string of the molecule is Cc1cc(C#N)ccc1S(=O)(=O)NCCO. The zero-order valence-corrected chi connectivity index (χ0v) is 9.58. The van der Waals surface area contributed by atoms with E-state index in [2.05, 4.69) is 4.72 Å². The number of nitriles is 1. The Kier molecular flexibility index (Phi) is 4.01. The van der Waals surface area contributed by atoms with E-state index in [0.717, 1.165) is 0 Å². The molecule has 1 aromatic carbocycles. The second kappa shape index (κ2) is 5.07. The zero-order chi connectivity index (χ0) is 12.2. The van der Waals surface area contributed by atoms with E-state index in [1.165, 1.54) is 18.2 Å². The largest absolute Gasteiger partial charge is 0.395 e. The second-order valence-electron chi connectivity index (χ2n) is 3.21. The Morgan fingerprint density at radius 3 is 2.69 bits per heavy atom. The average molecular weight is 240 g/mol. The molecule has 86 valence electrons. The normalized spacial score (nSPS) is 11.1. The number of nitrogens with one attached hydrogen (secondary N) is 1. The highest BCUT2D eigenvalue weighted by Gasteiger charge is 2.15. The van der Waals surface area contributed by atoms with Crippen molar-refractivity contribution < 1.29 is 13.5 Å². The van der Waals surface area contributed by atoms with Crippen LogP contribution in [0.2, 0.25) is 0 Å². The van der Waals surface area contributed by atoms with Crippen LogP contribution >= 0.6 is 0 Å². The molecule has 0 fully saturated rings. The molecule has 1 aromatic rings. The van der Waals surface area contributed by atoms with Crippen LogP contribution in [-0.2, 0) is 10.0 Å². The lowest BCUT2D eigenvalue weighted by Crippen LogP contribution is -2.27. The van der Waals surface area contributed by atoms with Gasteiger partial charge in [0.25, 0.3) is 0 Å². The number of aliphatic hydroxyl groups is 1. The Morgan fingerprint density at radius 1 is 1.50 bits per heavy atom. The molecule has 16 heavy (non-hydrogen) atoms. The summed E-state index contributed by atoms with van der Waals surface area (Å²) in [5.74, 6) is 0. The van der Waals surface area contributed by atoms with Crippen molar-refractivity contribution >= 4 is 10.0 Å². The van der Waals surface area contributed by atoms with Gasteiger partial charge >= 0.3 is 0 Å². The molecule has 0 atom stereocenters. The van der Waals surface area contributed by atoms with Crippen molar-refractivity contribution in [1.82, 2.24) is 4.72 Å². The monoisotopic (exact) mass is 240 g/mol. The summed E-state index contributed by atoms with van der Waals surface area (Å²) >= 11 is 0. The molecule has 0 heterocycles. The van der Waals surface area contributed by atoms with Crippen LogP contribution < -0.4 is 4.72 Å². The number of hydrogen-bond donors (Lipinski definition) is 2. The van der Waals surface area contributed by atoms with Crippen LogP contribution in [0.5, 0.6) is 0 Å². The maximum atomic E-state index is 11.7. The standard InChI is InChI=1S/C10H12N2O3S/c1-8-6-9(7-11)2-3-10(8)16(14,15)12-4-5-13/h2-3,6,12-13H,4-5H2,1H3. The number of hydrogen-bond acceptors (Lipinski definition) is 4. The first-order chi connectivity index (χ1) is 7.51. The van der Waals surface area contributed by atoms with Crippen molar-refractivity contribution in [1.29, 1.82) is 5.26 Å². The Balaban J connectivity index is 3.10. The molecule has 0 radical (unpaired) electrons. The van der Waals surface area contributed by atoms with Crippen molar-refractivity contribution in [2.45, 2.75) is 11.8 Å². The summed E-state index contributed by atoms with van der Waals surface area (Å²) in [4.78, 5) is 0.125. The second-order valence-corrected chi connectivity index (χ2v) is 4.95. The van der Waals surface area contributed by atoms with Crippen LogP contribution in [0.3, 0.4) is 0 Å². The van der Waals surface area contributed by atoms with E-state index in [1.54, 1.807) is 6.92 Å². The minimum Gasteiger partial charge on any atom is -0.395 e. The van der Waals surface area contributed by atoms with Crippen molar-refractivity contribution in [2.24, 2.45) is 0 Å². The van der Waals surface area contributed by atoms with Crippen molar-refractivity contribution in [3.63, 3.8) is 0 Å². The smallest absolute Gasteiger partial charge is 0.240 e. The molecule has 0 bridgehead atoms. The quantitative estimate of drug-likeness (QED) is 0.783. The molecule has 0 aliphatic heterocycles. The fraction of sp³-hybridized carbons (Fsp3) is 0.300. The zero-order valence-electron chi connectivity index (χ0n) is 8.77. The average Bonchev–Trinajstić information content (AvgIpc) is 2.25. The van der Waals surface area contributed by atoms with E-state index in [0.29, 0.717) is 11.1 Å². The van der Waals surface area contributed by atoms with Gasteiger partial charge in [0.05, 0.1) is 23.1 Å². The minimum atomic E-state index is -3.60. The Labute approximate surface area is 94.4 Å². The lowest BCUT2D eigenvalue weighted by molar-refractivity contribution is 0.301. The molecule has 0 aliphatic rings. The maximum Gasteiger partial charge on any atom is 0.240 e. The summed E-state index contributed by atoms with van der Waals surface area (Å²) in [7, 11) is -3.60. The van der Waals surface area contributed by atoms with Gasteiger partial charge in [0, 0.05) is 6.54 Å². The van der Waals surface area contributed by atoms with Gasteiger partial charge in [0.2, 0.25) is 10.0 Å². The summed E-state index contributed by atoms with van der Waals surface area (Å²) in [5.41, 5.74) is 0.920. The highest BCUT2D eigenvalue weighted by Crippen LogP contribution is 2.15. The number of nitrogens with zero attached hydrogens (tertiary/aromatic N) is 1. The van der Waals surface area contributed by atoms with Gasteiger partial charge in [-0.1, -0.05) is 0 Å². The first-order valence-electron chi connectivity index (χ1n) is 4.62. The number of benzene rings is 1. The summed E-state index contributed by atoms with van der Waals surface area (Å²) in [6.45, 7) is 1.34. The summed E-state index contributed by atoms with van der Waals surface area (Å²) < 4.78 is 25.7. The third-order valence-corrected chi connectivity index (χ3v) is 3.62. The molecule has 1 rings (SSSR count). The van der Waals surface area contributed by atoms with Gasteiger partial charge in [-0.25, -0.2) is 13.1 Å². The lowest BCUT2D eigenvalue weighted by atomic mass is 10.2. The molecule has 0 aliphatic carbocycles. The van der Waals surface area contributed by atoms with Gasteiger partial charge in [0.15, 0.2) is 0 Å². The molecule has 2 N–H and O–H groups in total. The van der Waals surface area contributed by atoms with Gasteiger partial charge in [-0.2, -0.15) is 5.26 Å². The first-order valence-corrected chi connectivity index (χ1v) is 6.11. The Morgan fingerprint density at radius 2 is 2.19 bits per heavy atom. The topological polar surface area (TPSA) is 90.2 Å². The summed E-state index contributed by atoms with van der Waals surface area (Å²) in [6.07, 6.45) is 0. The predicted octanol–water partition coefficient (Wildman–Crippen LogP) is 0.137. The van der Waals surface area contributed by atoms with Gasteiger partial charge < -0.3 is 5.11 Å². The van der Waals surface area contributed by atoms with E-state index in [4.69, 9.17) is 10.4 Å². The van der Waals surface area contributed by atoms with Gasteiger partial charge in [-0.3, -0.25) is 0 Å². The molecule has 0 aromatic heterocycles. The summed E-state index contributed by atoms with van der Waals surface area (Å²) in [6, 6.07) is 6.27. The molecule has 0 saturated carbocycles. The number of rotatable bonds is 4. The summed E-state index contributed by atoms with van der Waals surface area (Å²) in [5, 5.41) is 17.2. The van der Waals surface area contributed by atoms with E-state index >= 15 is 0 Å². The predicted molar refractivity (Wildman–Crippen MR) is 58.2 cm³/mol. The van der Waals surface area contributed by atoms with Gasteiger partial charge in [0.1, 0.15) is 0 Å². The van der Waals surface area contributed by atoms with Crippen LogP contribution in [0, 0.1) is 18.3 Å². The fourth-order valence-electron chi connectivity index (χ4n) is 1.28. The van der Waals surface area contributed by atoms with Gasteiger partial charge in [-0.15, -0.1) is 0 Å². The highest BCUT2D eigenvalue weighted by molar-refractivity contribution is 7.89. The first kappa shape index (κ1) is 12.6. The third-order valence-electron chi connectivity index (χ3n) is 2.00. The van der Waals surface area contributed by atoms with Crippen LogP contribution in [0.15, 0.2) is 23.1 Å². The van der Waals surface area contributed by atoms with E-state index in [1.807, 2.05) is 6.07 Å². The van der Waals surface area contributed by atoms with E-state index in [9.17, 15) is 8.42 Å². The van der Waals surface area contributed by atoms with Crippen molar-refractivity contribution in [2.75, 3.05) is 13.2 Å². The number of aryl methyl sites for hydroxylation is 1. The number of aliphatic hydroxyl groups excluding tert-OH is 1. The molecule has 0 saturated heterocycles. The molecule has 0 spiro atoms. The minimum absolute atomic E-state index is 0.0260. The molecular weight excluding hydrogens is 228 g/mol. The van der Waals surface area contributed by atoms with Crippen LogP contribution in [0.1, 0.15) is 11.1 Å². The maximum absolute atomic E-state index is 11.7. The highest BCUT2D eigenvalue weighted by atomic mass is 32.2. The van der Waals surface area contributed by atoms with E-state index in [-0.39, 0.29) is 18.0 Å². The Hall–Kier alpha value is -1.42. The van der Waals surface area contributed by atoms with Crippen molar-refractivity contribution in [3.8, 4) is 6.07 Å². The fourth-order valence-corrected chi connectivity index (χ4v) is 2.52. The van der Waals surface area contributed by atoms with Gasteiger partial charge in [-0.05, 0) is 30.7 Å². The molecule has 6 heteroatoms. The van der Waals surface area contributed by atoms with Crippen LogP contribution in [-0.4, -0.2) is 26.7 Å². The van der Waals surface area contributed by atoms with Crippen LogP contribution in [0.25, 0.3) is 0 Å². The lowest BCUT2D eigenvalue weighted by Gasteiger charge is -2.08. The van der Waals surface area contributed by atoms with E-state index < -0.39 is 10.0 Å². The Bertz CT molecular complexity index is 517. The third kappa shape index (κ3) is 2.79. The molecular formula is C10H12N2O3S. The molecule has 0 amide bonds.